The fraction of sp³-hybridized carbons (Fsp3) is 0.333. The molecule has 0 saturated heterocycles. The van der Waals surface area contributed by atoms with Crippen LogP contribution >= 0.6 is 0 Å². The zero-order chi connectivity index (χ0) is 16.4. The van der Waals surface area contributed by atoms with Crippen molar-refractivity contribution in [2.24, 2.45) is 0 Å². The highest BCUT2D eigenvalue weighted by Crippen LogP contribution is 2.39. The van der Waals surface area contributed by atoms with E-state index in [2.05, 4.69) is 4.74 Å². The molecule has 0 aliphatic rings. The molecule has 116 valence electrons. The first-order valence-corrected chi connectivity index (χ1v) is 5.34. The van der Waals surface area contributed by atoms with Crippen LogP contribution in [0.15, 0.2) is 12.1 Å². The lowest BCUT2D eigenvalue weighted by molar-refractivity contribution is -0.144. The number of esters is 1. The minimum atomic E-state index is -5.16. The van der Waals surface area contributed by atoms with Gasteiger partial charge in [0.2, 0.25) is 0 Å². The molecule has 0 aliphatic heterocycles. The maximum absolute atomic E-state index is 12.8. The fourth-order valence-corrected chi connectivity index (χ4v) is 1.65. The van der Waals surface area contributed by atoms with E-state index in [1.807, 2.05) is 0 Å². The standard InChI is InChI=1S/C12H8F6O3/c1-21-10(20)4-6-2-8(11(13,14)15)7(5-19)9(3-6)12(16,17)18/h2-3,5H,4H2,1H3. The van der Waals surface area contributed by atoms with E-state index in [1.165, 1.54) is 0 Å². The van der Waals surface area contributed by atoms with E-state index in [-0.39, 0.29) is 0 Å². The monoisotopic (exact) mass is 314 g/mol. The quantitative estimate of drug-likeness (QED) is 0.489. The Morgan fingerprint density at radius 1 is 1.10 bits per heavy atom. The number of halogens is 6. The normalized spacial score (nSPS) is 12.1. The van der Waals surface area contributed by atoms with Crippen molar-refractivity contribution >= 4 is 12.3 Å². The van der Waals surface area contributed by atoms with Gasteiger partial charge in [-0.05, 0) is 17.7 Å². The number of ether oxygens (including phenoxy) is 1. The van der Waals surface area contributed by atoms with Crippen LogP contribution in [0.4, 0.5) is 26.3 Å². The van der Waals surface area contributed by atoms with E-state index in [1.54, 1.807) is 0 Å². The average molecular weight is 314 g/mol. The van der Waals surface area contributed by atoms with Crippen molar-refractivity contribution in [3.63, 3.8) is 0 Å². The first-order chi connectivity index (χ1) is 9.50. The van der Waals surface area contributed by atoms with Crippen LogP contribution in [0.25, 0.3) is 0 Å². The average Bonchev–Trinajstić information content (AvgIpc) is 2.35. The number of hydrogen-bond acceptors (Lipinski definition) is 3. The molecule has 0 heterocycles. The van der Waals surface area contributed by atoms with Crippen molar-refractivity contribution in [3.8, 4) is 0 Å². The largest absolute Gasteiger partial charge is 0.469 e. The summed E-state index contributed by atoms with van der Waals surface area (Å²) in [6, 6.07) is 0.659. The van der Waals surface area contributed by atoms with Crippen molar-refractivity contribution in [1.29, 1.82) is 0 Å². The Labute approximate surface area is 114 Å². The minimum Gasteiger partial charge on any atom is -0.469 e. The van der Waals surface area contributed by atoms with Crippen molar-refractivity contribution in [3.05, 3.63) is 34.4 Å². The molecule has 1 aromatic rings. The van der Waals surface area contributed by atoms with Crippen LogP contribution in [0.3, 0.4) is 0 Å². The molecule has 9 heteroatoms. The Hall–Kier alpha value is -2.06. The molecule has 0 amide bonds. The van der Waals surface area contributed by atoms with Crippen LogP contribution in [0.2, 0.25) is 0 Å². The smallest absolute Gasteiger partial charge is 0.417 e. The summed E-state index contributed by atoms with van der Waals surface area (Å²) >= 11 is 0. The third-order valence-corrected chi connectivity index (χ3v) is 2.54. The third-order valence-electron chi connectivity index (χ3n) is 2.54. The lowest BCUT2D eigenvalue weighted by Crippen LogP contribution is -2.18. The van der Waals surface area contributed by atoms with Gasteiger partial charge < -0.3 is 4.74 Å². The Morgan fingerprint density at radius 2 is 1.52 bits per heavy atom. The SMILES string of the molecule is COC(=O)Cc1cc(C(F)(F)F)c(C=O)c(C(F)(F)F)c1. The molecule has 1 rings (SSSR count). The number of carbonyl (C=O) groups excluding carboxylic acids is 2. The Bertz CT molecular complexity index is 524. The summed E-state index contributed by atoms with van der Waals surface area (Å²) in [6.07, 6.45) is -11.6. The number of rotatable bonds is 3. The zero-order valence-electron chi connectivity index (χ0n) is 10.4. The summed E-state index contributed by atoms with van der Waals surface area (Å²) in [4.78, 5) is 21.6. The second-order valence-corrected chi connectivity index (χ2v) is 3.97. The van der Waals surface area contributed by atoms with Gasteiger partial charge in [0.15, 0.2) is 6.29 Å². The summed E-state index contributed by atoms with van der Waals surface area (Å²) in [5, 5.41) is 0. The van der Waals surface area contributed by atoms with E-state index in [0.29, 0.717) is 12.1 Å². The predicted octanol–water partition coefficient (Wildman–Crippen LogP) is 3.25. The van der Waals surface area contributed by atoms with Gasteiger partial charge in [0.1, 0.15) is 0 Å². The van der Waals surface area contributed by atoms with Crippen molar-refractivity contribution in [2.75, 3.05) is 7.11 Å². The van der Waals surface area contributed by atoms with Crippen LogP contribution in [0.5, 0.6) is 0 Å². The molecule has 0 bridgehead atoms. The van der Waals surface area contributed by atoms with Gasteiger partial charge in [-0.3, -0.25) is 9.59 Å². The summed E-state index contributed by atoms with van der Waals surface area (Å²) in [6.45, 7) is 0. The highest BCUT2D eigenvalue weighted by molar-refractivity contribution is 5.81. The zero-order valence-corrected chi connectivity index (χ0v) is 10.4. The first kappa shape index (κ1) is 17.0. The van der Waals surface area contributed by atoms with Crippen LogP contribution in [-0.4, -0.2) is 19.4 Å². The second kappa shape index (κ2) is 5.74. The summed E-state index contributed by atoms with van der Waals surface area (Å²) in [5.41, 5.74) is -5.55. The van der Waals surface area contributed by atoms with Crippen LogP contribution in [0, 0.1) is 0 Å². The molecule has 0 aliphatic carbocycles. The molecule has 1 aromatic carbocycles. The fourth-order valence-electron chi connectivity index (χ4n) is 1.65. The summed E-state index contributed by atoms with van der Waals surface area (Å²) in [5.74, 6) is -1.00. The Morgan fingerprint density at radius 3 is 1.81 bits per heavy atom. The van der Waals surface area contributed by atoms with Gasteiger partial charge in [0.05, 0.1) is 24.7 Å². The molecule has 0 spiro atoms. The van der Waals surface area contributed by atoms with Crippen molar-refractivity contribution < 1.29 is 40.7 Å². The van der Waals surface area contributed by atoms with Gasteiger partial charge in [-0.1, -0.05) is 0 Å². The maximum atomic E-state index is 12.8. The van der Waals surface area contributed by atoms with E-state index < -0.39 is 53.3 Å². The predicted molar refractivity (Wildman–Crippen MR) is 57.6 cm³/mol. The summed E-state index contributed by atoms with van der Waals surface area (Å²) < 4.78 is 80.8. The highest BCUT2D eigenvalue weighted by Gasteiger charge is 2.41. The molecular weight excluding hydrogens is 306 g/mol. The lowest BCUT2D eigenvalue weighted by atomic mass is 9.96. The lowest BCUT2D eigenvalue weighted by Gasteiger charge is -2.17. The van der Waals surface area contributed by atoms with Gasteiger partial charge >= 0.3 is 18.3 Å². The van der Waals surface area contributed by atoms with Crippen molar-refractivity contribution in [2.45, 2.75) is 18.8 Å². The molecule has 0 atom stereocenters. The minimum absolute atomic E-state index is 0.329. The molecule has 0 N–H and O–H groups in total. The molecule has 0 radical (unpaired) electrons. The molecule has 0 saturated carbocycles. The molecular formula is C12H8F6O3. The Balaban J connectivity index is 3.59. The van der Waals surface area contributed by atoms with Crippen LogP contribution in [0.1, 0.15) is 27.0 Å². The van der Waals surface area contributed by atoms with Crippen molar-refractivity contribution in [1.82, 2.24) is 0 Å². The maximum Gasteiger partial charge on any atom is 0.417 e. The summed E-state index contributed by atoms with van der Waals surface area (Å²) in [7, 11) is 0.942. The Kier molecular flexibility index (Phi) is 4.65. The molecule has 3 nitrogen and oxygen atoms in total. The van der Waals surface area contributed by atoms with E-state index >= 15 is 0 Å². The van der Waals surface area contributed by atoms with E-state index in [0.717, 1.165) is 7.11 Å². The number of alkyl halides is 6. The molecule has 21 heavy (non-hydrogen) atoms. The van der Waals surface area contributed by atoms with Gasteiger partial charge in [-0.15, -0.1) is 0 Å². The van der Waals surface area contributed by atoms with Gasteiger partial charge in [-0.2, -0.15) is 26.3 Å². The number of methoxy groups -OCH3 is 1. The number of aldehydes is 1. The van der Waals surface area contributed by atoms with Gasteiger partial charge in [0.25, 0.3) is 0 Å². The molecule has 0 fully saturated rings. The topological polar surface area (TPSA) is 43.4 Å². The van der Waals surface area contributed by atoms with E-state index in [4.69, 9.17) is 0 Å². The molecule has 0 unspecified atom stereocenters. The number of hydrogen-bond donors (Lipinski definition) is 0. The third kappa shape index (κ3) is 3.96. The van der Waals surface area contributed by atoms with Crippen LogP contribution < -0.4 is 0 Å². The highest BCUT2D eigenvalue weighted by atomic mass is 19.4. The number of benzene rings is 1. The van der Waals surface area contributed by atoms with Crippen LogP contribution in [-0.2, 0) is 28.3 Å². The van der Waals surface area contributed by atoms with E-state index in [9.17, 15) is 35.9 Å². The first-order valence-electron chi connectivity index (χ1n) is 5.34. The number of carbonyl (C=O) groups is 2. The molecule has 0 aromatic heterocycles. The second-order valence-electron chi connectivity index (χ2n) is 3.97. The van der Waals surface area contributed by atoms with Gasteiger partial charge in [0, 0.05) is 5.56 Å². The van der Waals surface area contributed by atoms with Gasteiger partial charge in [-0.25, -0.2) is 0 Å².